The van der Waals surface area contributed by atoms with E-state index >= 15 is 0 Å². The van der Waals surface area contributed by atoms with Crippen molar-refractivity contribution in [1.29, 1.82) is 0 Å². The number of carbonyl (C=O) groups excluding carboxylic acids is 1. The van der Waals surface area contributed by atoms with E-state index in [2.05, 4.69) is 33.5 Å². The third-order valence-electron chi connectivity index (χ3n) is 5.50. The largest absolute Gasteiger partial charge is 0.378 e. The fourth-order valence-corrected chi connectivity index (χ4v) is 3.87. The molecule has 1 aromatic heterocycles. The lowest BCUT2D eigenvalue weighted by Crippen LogP contribution is -2.39. The number of morpholine rings is 1. The summed E-state index contributed by atoms with van der Waals surface area (Å²) in [5, 5.41) is 6.72. The Morgan fingerprint density at radius 2 is 2.03 bits per heavy atom. The second kappa shape index (κ2) is 14.4. The van der Waals surface area contributed by atoms with E-state index in [1.54, 1.807) is 0 Å². The van der Waals surface area contributed by atoms with Gasteiger partial charge in [0.15, 0.2) is 5.96 Å². The van der Waals surface area contributed by atoms with Gasteiger partial charge in [0, 0.05) is 57.4 Å². The molecule has 1 aromatic rings. The van der Waals surface area contributed by atoms with Crippen LogP contribution in [0.2, 0.25) is 0 Å². The van der Waals surface area contributed by atoms with Crippen LogP contribution < -0.4 is 15.5 Å². The molecule has 0 saturated carbocycles. The molecule has 2 N–H and O–H groups in total. The van der Waals surface area contributed by atoms with Crippen molar-refractivity contribution in [1.82, 2.24) is 20.5 Å². The average Bonchev–Trinajstić information content (AvgIpc) is 2.99. The number of anilines is 1. The van der Waals surface area contributed by atoms with Gasteiger partial charge in [0.1, 0.15) is 5.82 Å². The van der Waals surface area contributed by atoms with Gasteiger partial charge in [-0.3, -0.25) is 4.79 Å². The summed E-state index contributed by atoms with van der Waals surface area (Å²) in [5.74, 6) is 2.11. The van der Waals surface area contributed by atoms with Gasteiger partial charge in [-0.1, -0.05) is 12.5 Å². The molecule has 0 radical (unpaired) electrons. The third kappa shape index (κ3) is 8.44. The highest BCUT2D eigenvalue weighted by atomic mass is 127. The number of nitrogens with one attached hydrogen (secondary N) is 2. The lowest BCUT2D eigenvalue weighted by atomic mass is 10.2. The average molecular weight is 544 g/mol. The molecular formula is C22H37IN6O2. The van der Waals surface area contributed by atoms with E-state index in [1.165, 1.54) is 6.42 Å². The molecule has 0 atom stereocenters. The van der Waals surface area contributed by atoms with Gasteiger partial charge >= 0.3 is 0 Å². The zero-order valence-electron chi connectivity index (χ0n) is 18.6. The number of aliphatic imine (C=N–C) groups is 1. The minimum absolute atomic E-state index is 0. The Bertz CT molecular complexity index is 696. The number of guanidine groups is 1. The fraction of sp³-hybridized carbons (Fsp3) is 0.682. The van der Waals surface area contributed by atoms with Crippen LogP contribution in [0.1, 0.15) is 44.6 Å². The molecule has 2 aliphatic heterocycles. The molecule has 3 heterocycles. The standard InChI is InChI=1S/C22H36N6O2.HI/c1-2-23-22(25-11-7-13-27-12-5-3-4-9-20(27)29)26-18-19-8-6-10-24-21(19)28-14-16-30-17-15-28;/h6,8,10H,2-5,7,9,11-18H2,1H3,(H2,23,25,26);1H. The first kappa shape index (κ1) is 25.6. The predicted molar refractivity (Wildman–Crippen MR) is 135 cm³/mol. The van der Waals surface area contributed by atoms with Crippen LogP contribution in [0.5, 0.6) is 0 Å². The highest BCUT2D eigenvalue weighted by Gasteiger charge is 2.17. The Balaban J connectivity index is 0.00000341. The third-order valence-corrected chi connectivity index (χ3v) is 5.50. The molecule has 2 aliphatic rings. The summed E-state index contributed by atoms with van der Waals surface area (Å²) in [6.07, 6.45) is 6.78. The molecule has 174 valence electrons. The summed E-state index contributed by atoms with van der Waals surface area (Å²) in [6, 6.07) is 4.06. The van der Waals surface area contributed by atoms with E-state index in [0.717, 1.165) is 89.1 Å². The second-order valence-corrected chi connectivity index (χ2v) is 7.75. The Labute approximate surface area is 203 Å². The Morgan fingerprint density at radius 1 is 1.19 bits per heavy atom. The number of pyridine rings is 1. The van der Waals surface area contributed by atoms with Crippen LogP contribution in [0.25, 0.3) is 0 Å². The van der Waals surface area contributed by atoms with Gasteiger partial charge < -0.3 is 25.2 Å². The van der Waals surface area contributed by atoms with Gasteiger partial charge in [-0.15, -0.1) is 24.0 Å². The van der Waals surface area contributed by atoms with E-state index in [4.69, 9.17) is 9.73 Å². The summed E-state index contributed by atoms with van der Waals surface area (Å²) in [6.45, 7) is 9.15. The first-order chi connectivity index (χ1) is 14.8. The summed E-state index contributed by atoms with van der Waals surface area (Å²) < 4.78 is 5.46. The summed E-state index contributed by atoms with van der Waals surface area (Å²) in [5.41, 5.74) is 1.12. The molecular weight excluding hydrogens is 507 g/mol. The molecule has 0 aliphatic carbocycles. The molecule has 3 rings (SSSR count). The van der Waals surface area contributed by atoms with Crippen LogP contribution in [0.4, 0.5) is 5.82 Å². The number of rotatable bonds is 8. The van der Waals surface area contributed by atoms with Crippen molar-refractivity contribution >= 4 is 41.7 Å². The van der Waals surface area contributed by atoms with E-state index in [9.17, 15) is 4.79 Å². The van der Waals surface area contributed by atoms with Crippen LogP contribution in [0.15, 0.2) is 23.3 Å². The first-order valence-electron chi connectivity index (χ1n) is 11.3. The van der Waals surface area contributed by atoms with Crippen LogP contribution in [-0.4, -0.2) is 74.2 Å². The second-order valence-electron chi connectivity index (χ2n) is 7.75. The smallest absolute Gasteiger partial charge is 0.222 e. The molecule has 0 spiro atoms. The minimum Gasteiger partial charge on any atom is -0.378 e. The molecule has 2 saturated heterocycles. The summed E-state index contributed by atoms with van der Waals surface area (Å²) in [7, 11) is 0. The zero-order valence-corrected chi connectivity index (χ0v) is 21.0. The van der Waals surface area contributed by atoms with E-state index in [-0.39, 0.29) is 24.0 Å². The van der Waals surface area contributed by atoms with Crippen molar-refractivity contribution in [3.63, 3.8) is 0 Å². The fourth-order valence-electron chi connectivity index (χ4n) is 3.87. The number of nitrogens with zero attached hydrogens (tertiary/aromatic N) is 4. The quantitative estimate of drug-likeness (QED) is 0.227. The van der Waals surface area contributed by atoms with Crippen molar-refractivity contribution in [2.45, 2.75) is 45.6 Å². The van der Waals surface area contributed by atoms with Crippen LogP contribution >= 0.6 is 24.0 Å². The normalized spacial score (nSPS) is 17.7. The molecule has 0 bridgehead atoms. The Morgan fingerprint density at radius 3 is 2.84 bits per heavy atom. The van der Waals surface area contributed by atoms with Gasteiger partial charge in [0.2, 0.25) is 5.91 Å². The SMILES string of the molecule is CCNC(=NCc1cccnc1N1CCOCC1)NCCCN1CCCCCC1=O.I. The van der Waals surface area contributed by atoms with E-state index in [1.807, 2.05) is 17.2 Å². The van der Waals surface area contributed by atoms with Gasteiger partial charge in [0.05, 0.1) is 19.8 Å². The van der Waals surface area contributed by atoms with E-state index < -0.39 is 0 Å². The number of halogens is 1. The maximum Gasteiger partial charge on any atom is 0.222 e. The number of carbonyl (C=O) groups is 1. The number of hydrogen-bond donors (Lipinski definition) is 2. The van der Waals surface area contributed by atoms with Gasteiger partial charge in [-0.05, 0) is 32.3 Å². The number of likely N-dealkylation sites (tertiary alicyclic amines) is 1. The maximum absolute atomic E-state index is 12.1. The summed E-state index contributed by atoms with van der Waals surface area (Å²) >= 11 is 0. The van der Waals surface area contributed by atoms with Gasteiger partial charge in [-0.25, -0.2) is 9.98 Å². The van der Waals surface area contributed by atoms with Gasteiger partial charge in [0.25, 0.3) is 0 Å². The number of aromatic nitrogens is 1. The van der Waals surface area contributed by atoms with Gasteiger partial charge in [-0.2, -0.15) is 0 Å². The molecule has 1 amide bonds. The van der Waals surface area contributed by atoms with Crippen molar-refractivity contribution in [3.05, 3.63) is 23.9 Å². The maximum atomic E-state index is 12.1. The van der Waals surface area contributed by atoms with E-state index in [0.29, 0.717) is 18.9 Å². The molecule has 2 fully saturated rings. The first-order valence-corrected chi connectivity index (χ1v) is 11.3. The van der Waals surface area contributed by atoms with Crippen molar-refractivity contribution in [3.8, 4) is 0 Å². The number of amides is 1. The van der Waals surface area contributed by atoms with Crippen LogP contribution in [0.3, 0.4) is 0 Å². The monoisotopic (exact) mass is 544 g/mol. The van der Waals surface area contributed by atoms with Crippen molar-refractivity contribution < 1.29 is 9.53 Å². The zero-order chi connectivity index (χ0) is 21.0. The number of ether oxygens (including phenoxy) is 1. The Hall–Kier alpha value is -1.62. The topological polar surface area (TPSA) is 82.1 Å². The van der Waals surface area contributed by atoms with Crippen LogP contribution in [-0.2, 0) is 16.1 Å². The minimum atomic E-state index is 0. The lowest BCUT2D eigenvalue weighted by molar-refractivity contribution is -0.130. The lowest BCUT2D eigenvalue weighted by Gasteiger charge is -2.29. The van der Waals surface area contributed by atoms with Crippen LogP contribution in [0, 0.1) is 0 Å². The Kier molecular flexibility index (Phi) is 11.9. The molecule has 8 nitrogen and oxygen atoms in total. The van der Waals surface area contributed by atoms with Crippen molar-refractivity contribution in [2.24, 2.45) is 4.99 Å². The molecule has 31 heavy (non-hydrogen) atoms. The highest BCUT2D eigenvalue weighted by Crippen LogP contribution is 2.19. The molecule has 0 aromatic carbocycles. The summed E-state index contributed by atoms with van der Waals surface area (Å²) in [4.78, 5) is 25.8. The number of hydrogen-bond acceptors (Lipinski definition) is 5. The highest BCUT2D eigenvalue weighted by molar-refractivity contribution is 14.0. The molecule has 9 heteroatoms. The van der Waals surface area contributed by atoms with Crippen molar-refractivity contribution in [2.75, 3.05) is 57.4 Å². The molecule has 0 unspecified atom stereocenters. The predicted octanol–water partition coefficient (Wildman–Crippen LogP) is 2.38.